The van der Waals surface area contributed by atoms with Gasteiger partial charge in [0.05, 0.1) is 6.61 Å². The van der Waals surface area contributed by atoms with Crippen molar-refractivity contribution in [1.82, 2.24) is 0 Å². The number of carbonyl (C=O) groups excluding carboxylic acids is 3. The molecule has 3 atom stereocenters. The minimum atomic E-state index is -2.66. The highest BCUT2D eigenvalue weighted by Gasteiger charge is 2.53. The van der Waals surface area contributed by atoms with Crippen LogP contribution in [0.3, 0.4) is 0 Å². The molecule has 0 fully saturated rings. The second-order valence-electron chi connectivity index (χ2n) is 10.8. The highest BCUT2D eigenvalue weighted by Crippen LogP contribution is 2.26. The molecule has 0 saturated carbocycles. The third kappa shape index (κ3) is 15.3. The van der Waals surface area contributed by atoms with Gasteiger partial charge in [-0.15, -0.1) is 0 Å². The van der Waals surface area contributed by atoms with Crippen molar-refractivity contribution in [3.63, 3.8) is 0 Å². The molecular formula is C31H58O7. The number of hydrogen-bond acceptors (Lipinski definition) is 7. The molecule has 0 aromatic heterocycles. The molecule has 0 bridgehead atoms. The molecule has 7 heteroatoms. The van der Waals surface area contributed by atoms with Gasteiger partial charge in [0.25, 0.3) is 0 Å². The molecule has 0 spiro atoms. The maximum atomic E-state index is 13.2. The van der Waals surface area contributed by atoms with Crippen LogP contribution in [0.4, 0.5) is 0 Å². The van der Waals surface area contributed by atoms with Crippen molar-refractivity contribution < 1.29 is 34.4 Å². The molecule has 38 heavy (non-hydrogen) atoms. The number of ketones is 2. The third-order valence-electron chi connectivity index (χ3n) is 7.37. The van der Waals surface area contributed by atoms with Crippen LogP contribution in [-0.2, 0) is 19.1 Å². The number of ether oxygens (including phenoxy) is 1. The summed E-state index contributed by atoms with van der Waals surface area (Å²) in [6, 6.07) is 0. The zero-order valence-corrected chi connectivity index (χ0v) is 24.7. The van der Waals surface area contributed by atoms with Gasteiger partial charge >= 0.3 is 5.97 Å². The van der Waals surface area contributed by atoms with Crippen LogP contribution in [0, 0.1) is 0 Å². The summed E-state index contributed by atoms with van der Waals surface area (Å²) in [5.41, 5.74) is -2.66. The molecule has 0 amide bonds. The van der Waals surface area contributed by atoms with E-state index in [4.69, 9.17) is 4.74 Å². The van der Waals surface area contributed by atoms with E-state index in [1.165, 1.54) is 0 Å². The van der Waals surface area contributed by atoms with E-state index in [1.54, 1.807) is 0 Å². The number of hydrogen-bond donors (Lipinski definition) is 3. The fourth-order valence-corrected chi connectivity index (χ4v) is 4.77. The second-order valence-corrected chi connectivity index (χ2v) is 10.8. The maximum absolute atomic E-state index is 13.2. The average Bonchev–Trinajstić information content (AvgIpc) is 2.91. The summed E-state index contributed by atoms with van der Waals surface area (Å²) in [4.78, 5) is 38.6. The molecular weight excluding hydrogens is 484 g/mol. The number of unbranched alkanes of at least 4 members (excludes halogenated alkanes) is 15. The van der Waals surface area contributed by atoms with Crippen LogP contribution in [0.25, 0.3) is 0 Å². The van der Waals surface area contributed by atoms with Crippen molar-refractivity contribution in [2.75, 3.05) is 6.61 Å². The van der Waals surface area contributed by atoms with Crippen LogP contribution >= 0.6 is 0 Å². The summed E-state index contributed by atoms with van der Waals surface area (Å²) in [6.45, 7) is 5.52. The lowest BCUT2D eigenvalue weighted by atomic mass is 9.80. The van der Waals surface area contributed by atoms with Gasteiger partial charge < -0.3 is 20.1 Å². The molecule has 0 rings (SSSR count). The molecule has 3 N–H and O–H groups in total. The Labute approximate surface area is 232 Å². The highest BCUT2D eigenvalue weighted by atomic mass is 16.6. The lowest BCUT2D eigenvalue weighted by molar-refractivity contribution is -0.196. The molecule has 0 aliphatic rings. The summed E-state index contributed by atoms with van der Waals surface area (Å²) >= 11 is 0. The van der Waals surface area contributed by atoms with E-state index in [9.17, 15) is 29.7 Å². The van der Waals surface area contributed by atoms with Crippen LogP contribution in [-0.4, -0.2) is 57.3 Å². The molecule has 0 aromatic carbocycles. The van der Waals surface area contributed by atoms with E-state index in [2.05, 4.69) is 20.8 Å². The van der Waals surface area contributed by atoms with Crippen molar-refractivity contribution in [3.05, 3.63) is 0 Å². The molecule has 0 saturated heterocycles. The Hall–Kier alpha value is -1.31. The van der Waals surface area contributed by atoms with Gasteiger partial charge in [-0.3, -0.25) is 14.4 Å². The second kappa shape index (κ2) is 23.6. The van der Waals surface area contributed by atoms with E-state index in [0.717, 1.165) is 96.3 Å². The summed E-state index contributed by atoms with van der Waals surface area (Å²) in [5, 5.41) is 32.4. The molecule has 0 heterocycles. The fourth-order valence-electron chi connectivity index (χ4n) is 4.77. The van der Waals surface area contributed by atoms with Gasteiger partial charge in [0.2, 0.25) is 0 Å². The molecule has 0 aliphatic heterocycles. The molecule has 0 radical (unpaired) electrons. The molecule has 7 nitrogen and oxygen atoms in total. The number of rotatable bonds is 27. The summed E-state index contributed by atoms with van der Waals surface area (Å²) in [5.74, 6) is -2.08. The van der Waals surface area contributed by atoms with Gasteiger partial charge in [0, 0.05) is 19.3 Å². The van der Waals surface area contributed by atoms with Gasteiger partial charge in [-0.1, -0.05) is 117 Å². The van der Waals surface area contributed by atoms with Crippen LogP contribution in [0.15, 0.2) is 0 Å². The first-order valence-electron chi connectivity index (χ1n) is 15.6. The minimum Gasteiger partial charge on any atom is -0.456 e. The van der Waals surface area contributed by atoms with Crippen LogP contribution < -0.4 is 0 Å². The Morgan fingerprint density at radius 1 is 0.632 bits per heavy atom. The van der Waals surface area contributed by atoms with Crippen LogP contribution in [0.2, 0.25) is 0 Å². The first kappa shape index (κ1) is 36.7. The molecule has 1 unspecified atom stereocenters. The van der Waals surface area contributed by atoms with Crippen molar-refractivity contribution in [2.24, 2.45) is 0 Å². The number of carbonyl (C=O) groups is 3. The van der Waals surface area contributed by atoms with E-state index in [0.29, 0.717) is 19.3 Å². The minimum absolute atomic E-state index is 0.0176. The van der Waals surface area contributed by atoms with Crippen molar-refractivity contribution in [2.45, 2.75) is 173 Å². The zero-order valence-electron chi connectivity index (χ0n) is 24.7. The lowest BCUT2D eigenvalue weighted by Crippen LogP contribution is -2.63. The van der Waals surface area contributed by atoms with Crippen LogP contribution in [0.5, 0.6) is 0 Å². The quantitative estimate of drug-likeness (QED) is 0.0814. The number of Topliss-reactive ketones (excluding diaryl/α,β-unsaturated/α-hetero) is 2. The van der Waals surface area contributed by atoms with Gasteiger partial charge in [-0.05, 0) is 19.3 Å². The van der Waals surface area contributed by atoms with E-state index < -0.39 is 42.0 Å². The molecule has 0 aromatic rings. The first-order valence-corrected chi connectivity index (χ1v) is 15.6. The topological polar surface area (TPSA) is 121 Å². The first-order chi connectivity index (χ1) is 18.3. The Kier molecular flexibility index (Phi) is 22.8. The summed E-state index contributed by atoms with van der Waals surface area (Å²) < 4.78 is 5.34. The van der Waals surface area contributed by atoms with Crippen molar-refractivity contribution in [3.8, 4) is 0 Å². The largest absolute Gasteiger partial charge is 0.456 e. The van der Waals surface area contributed by atoms with Crippen molar-refractivity contribution >= 4 is 17.5 Å². The molecule has 0 aliphatic carbocycles. The van der Waals surface area contributed by atoms with E-state index in [1.807, 2.05) is 0 Å². The Balaban J connectivity index is 5.24. The van der Waals surface area contributed by atoms with Gasteiger partial charge in [0.1, 0.15) is 0 Å². The summed E-state index contributed by atoms with van der Waals surface area (Å²) in [6.07, 6.45) is 13.3. The van der Waals surface area contributed by atoms with Gasteiger partial charge in [-0.25, -0.2) is 0 Å². The molecule has 224 valence electrons. The predicted octanol–water partition coefficient (Wildman–Crippen LogP) is 6.37. The van der Waals surface area contributed by atoms with Crippen molar-refractivity contribution in [1.29, 1.82) is 0 Å². The van der Waals surface area contributed by atoms with Gasteiger partial charge in [0.15, 0.2) is 29.4 Å². The lowest BCUT2D eigenvalue weighted by Gasteiger charge is -2.36. The number of aliphatic hydroxyl groups excluding tert-OH is 2. The highest BCUT2D eigenvalue weighted by molar-refractivity contribution is 5.97. The van der Waals surface area contributed by atoms with E-state index in [-0.39, 0.29) is 19.3 Å². The number of aliphatic hydroxyl groups is 3. The Morgan fingerprint density at radius 3 is 1.47 bits per heavy atom. The normalized spacial score (nSPS) is 14.6. The third-order valence-corrected chi connectivity index (χ3v) is 7.37. The standard InChI is InChI=1S/C31H58O7/c1-4-7-10-13-16-19-22-26(33)30(36)31(37,27(34)23-20-17-14-11-8-5-2)28(25-32)38-29(35)24-21-18-15-12-9-6-3/h28,30,32,36-37H,4-25H2,1-3H3/t28-,30?,31-/m1/s1. The monoisotopic (exact) mass is 542 g/mol. The maximum Gasteiger partial charge on any atom is 0.306 e. The smallest absolute Gasteiger partial charge is 0.306 e. The van der Waals surface area contributed by atoms with Crippen LogP contribution in [0.1, 0.15) is 156 Å². The Bertz CT molecular complexity index is 621. The number of esters is 1. The Morgan fingerprint density at radius 2 is 1.03 bits per heavy atom. The van der Waals surface area contributed by atoms with Gasteiger partial charge in [-0.2, -0.15) is 0 Å². The SMILES string of the molecule is CCCCCCCCC(=O)O[C@H](CO)[C@](O)(C(=O)CCCCCCCC)C(O)C(=O)CCCCCCCC. The average molecular weight is 543 g/mol. The zero-order chi connectivity index (χ0) is 28.7. The fraction of sp³-hybridized carbons (Fsp3) is 0.903. The summed E-state index contributed by atoms with van der Waals surface area (Å²) in [7, 11) is 0. The van der Waals surface area contributed by atoms with E-state index >= 15 is 0 Å². The predicted molar refractivity (Wildman–Crippen MR) is 152 cm³/mol.